The van der Waals surface area contributed by atoms with Gasteiger partial charge < -0.3 is 5.32 Å². The van der Waals surface area contributed by atoms with E-state index in [1.54, 1.807) is 61.5 Å². The smallest absolute Gasteiger partial charge is 0.350 e. The molecule has 0 heterocycles. The Morgan fingerprint density at radius 1 is 0.976 bits per heavy atom. The van der Waals surface area contributed by atoms with E-state index in [0.29, 0.717) is 40.2 Å². The van der Waals surface area contributed by atoms with Crippen LogP contribution in [0.5, 0.6) is 0 Å². The fraction of sp³-hybridized carbons (Fsp3) is 0.233. The maximum absolute atomic E-state index is 15.3. The molecule has 0 aliphatic heterocycles. The Balaban J connectivity index is 1.93. The molecule has 0 aliphatic rings. The third-order valence-electron chi connectivity index (χ3n) is 6.48. The van der Waals surface area contributed by atoms with Gasteiger partial charge in [-0.3, -0.25) is 0 Å². The quantitative estimate of drug-likeness (QED) is 0.231. The zero-order valence-corrected chi connectivity index (χ0v) is 23.2. The SMILES string of the molecule is C=C(Nc1cccc(/C(=C/C)Cc2c(Cl)cc(C(F)(C(C)(F)F)C(F)(F)C(F)F)cc2Cl)c1)c1ccc(C#N)cc1. The third-order valence-corrected chi connectivity index (χ3v) is 7.16. The molecule has 3 rings (SSSR count). The molecule has 0 aliphatic carbocycles. The fourth-order valence-electron chi connectivity index (χ4n) is 4.21. The molecule has 0 fully saturated rings. The van der Waals surface area contributed by atoms with Gasteiger partial charge in [0.1, 0.15) is 0 Å². The Labute approximate surface area is 242 Å². The molecule has 41 heavy (non-hydrogen) atoms. The van der Waals surface area contributed by atoms with E-state index in [4.69, 9.17) is 28.5 Å². The minimum Gasteiger partial charge on any atom is -0.356 e. The molecule has 0 saturated heterocycles. The first-order valence-electron chi connectivity index (χ1n) is 12.0. The summed E-state index contributed by atoms with van der Waals surface area (Å²) >= 11 is 12.4. The Morgan fingerprint density at radius 3 is 2.05 bits per heavy atom. The number of allylic oxidation sites excluding steroid dienone is 2. The van der Waals surface area contributed by atoms with Crippen LogP contribution in [-0.2, 0) is 12.1 Å². The van der Waals surface area contributed by atoms with Crippen LogP contribution in [0.1, 0.15) is 41.7 Å². The van der Waals surface area contributed by atoms with Crippen LogP contribution in [0, 0.1) is 11.3 Å². The minimum atomic E-state index is -5.75. The molecule has 11 heteroatoms. The van der Waals surface area contributed by atoms with Crippen LogP contribution in [0.4, 0.5) is 36.4 Å². The normalized spacial score (nSPS) is 14.0. The van der Waals surface area contributed by atoms with E-state index in [9.17, 15) is 26.3 Å². The number of benzene rings is 3. The molecule has 0 radical (unpaired) electrons. The first kappa shape index (κ1) is 32.0. The van der Waals surface area contributed by atoms with Crippen molar-refractivity contribution in [3.05, 3.63) is 111 Å². The zero-order valence-electron chi connectivity index (χ0n) is 21.7. The monoisotopic (exact) mass is 614 g/mol. The average Bonchev–Trinajstić information content (AvgIpc) is 2.91. The summed E-state index contributed by atoms with van der Waals surface area (Å²) in [6.07, 6.45) is -3.04. The average molecular weight is 615 g/mol. The number of rotatable bonds is 10. The molecule has 216 valence electrons. The predicted octanol–water partition coefficient (Wildman–Crippen LogP) is 10.3. The van der Waals surface area contributed by atoms with Crippen LogP contribution in [0.25, 0.3) is 11.3 Å². The molecule has 1 atom stereocenters. The van der Waals surface area contributed by atoms with Crippen LogP contribution in [0.2, 0.25) is 10.0 Å². The largest absolute Gasteiger partial charge is 0.356 e. The van der Waals surface area contributed by atoms with Crippen molar-refractivity contribution in [2.75, 3.05) is 5.32 Å². The van der Waals surface area contributed by atoms with Crippen molar-refractivity contribution in [3.63, 3.8) is 0 Å². The second-order valence-corrected chi connectivity index (χ2v) is 10.1. The van der Waals surface area contributed by atoms with E-state index in [2.05, 4.69) is 11.9 Å². The van der Waals surface area contributed by atoms with E-state index in [1.807, 2.05) is 6.07 Å². The van der Waals surface area contributed by atoms with Crippen molar-refractivity contribution in [1.29, 1.82) is 5.26 Å². The number of nitrogens with zero attached hydrogens (tertiary/aromatic N) is 1. The van der Waals surface area contributed by atoms with Gasteiger partial charge in [-0.1, -0.05) is 60.1 Å². The van der Waals surface area contributed by atoms with E-state index in [-0.39, 0.29) is 18.9 Å². The van der Waals surface area contributed by atoms with Crippen molar-refractivity contribution in [2.45, 2.75) is 44.2 Å². The number of alkyl halides is 7. The Morgan fingerprint density at radius 2 is 1.56 bits per heavy atom. The molecule has 3 aromatic rings. The summed E-state index contributed by atoms with van der Waals surface area (Å²) in [6.45, 7) is 5.50. The van der Waals surface area contributed by atoms with Crippen LogP contribution in [0.15, 0.2) is 73.3 Å². The number of hydrogen-bond donors (Lipinski definition) is 1. The summed E-state index contributed by atoms with van der Waals surface area (Å²) in [5, 5.41) is 11.2. The number of anilines is 1. The zero-order chi connectivity index (χ0) is 30.8. The first-order chi connectivity index (χ1) is 19.1. The molecule has 0 bridgehead atoms. The maximum Gasteiger partial charge on any atom is 0.350 e. The first-order valence-corrected chi connectivity index (χ1v) is 12.8. The van der Waals surface area contributed by atoms with Gasteiger partial charge in [-0.25, -0.2) is 22.0 Å². The maximum atomic E-state index is 15.3. The lowest BCUT2D eigenvalue weighted by atomic mass is 9.83. The highest BCUT2D eigenvalue weighted by Gasteiger charge is 2.72. The van der Waals surface area contributed by atoms with Gasteiger partial charge in [0.15, 0.2) is 0 Å². The molecule has 1 unspecified atom stereocenters. The van der Waals surface area contributed by atoms with Gasteiger partial charge in [-0.2, -0.15) is 14.0 Å². The molecule has 0 spiro atoms. The van der Waals surface area contributed by atoms with E-state index >= 15 is 4.39 Å². The molecular weight excluding hydrogens is 592 g/mol. The highest BCUT2D eigenvalue weighted by molar-refractivity contribution is 6.36. The van der Waals surface area contributed by atoms with Crippen LogP contribution in [0.3, 0.4) is 0 Å². The number of nitrogens with one attached hydrogen (secondary N) is 1. The van der Waals surface area contributed by atoms with Crippen molar-refractivity contribution < 1.29 is 30.7 Å². The second-order valence-electron chi connectivity index (χ2n) is 9.25. The van der Waals surface area contributed by atoms with Gasteiger partial charge >= 0.3 is 12.3 Å². The van der Waals surface area contributed by atoms with E-state index in [1.165, 1.54) is 0 Å². The summed E-state index contributed by atoms with van der Waals surface area (Å²) < 4.78 is 98.0. The van der Waals surface area contributed by atoms with Gasteiger partial charge in [0.05, 0.1) is 11.6 Å². The molecule has 0 saturated carbocycles. The second kappa shape index (κ2) is 12.2. The topological polar surface area (TPSA) is 35.8 Å². The predicted molar refractivity (Wildman–Crippen MR) is 148 cm³/mol. The van der Waals surface area contributed by atoms with Gasteiger partial charge in [0.2, 0.25) is 0 Å². The lowest BCUT2D eigenvalue weighted by Crippen LogP contribution is -2.56. The fourth-order valence-corrected chi connectivity index (χ4v) is 4.83. The third kappa shape index (κ3) is 6.39. The van der Waals surface area contributed by atoms with Crippen molar-refractivity contribution in [1.82, 2.24) is 0 Å². The number of halogens is 9. The summed E-state index contributed by atoms with van der Waals surface area (Å²) in [6, 6.07) is 16.8. The summed E-state index contributed by atoms with van der Waals surface area (Å²) in [5.74, 6) is -10.7. The number of hydrogen-bond acceptors (Lipinski definition) is 2. The van der Waals surface area contributed by atoms with Crippen molar-refractivity contribution >= 4 is 40.2 Å². The Hall–Kier alpha value is -3.48. The van der Waals surface area contributed by atoms with E-state index in [0.717, 1.165) is 5.56 Å². The number of nitriles is 1. The van der Waals surface area contributed by atoms with Gasteiger partial charge in [0, 0.05) is 40.3 Å². The molecule has 0 amide bonds. The lowest BCUT2D eigenvalue weighted by molar-refractivity contribution is -0.288. The standard InChI is InChI=1S/C30H23Cl2F7N2/c1-4-19(21-6-5-7-23(12-21)41-17(2)20-10-8-18(16-40)9-11-20)13-24-25(31)14-22(15-26(24)32)29(37,28(3,35)36)30(38,39)27(33)34/h4-12,14-15,27,41H,2,13H2,1,3H3/b19-4+. The Bertz CT molecular complexity index is 1480. The van der Waals surface area contributed by atoms with Crippen molar-refractivity contribution in [2.24, 2.45) is 0 Å². The van der Waals surface area contributed by atoms with Gasteiger partial charge in [-0.05, 0) is 65.6 Å². The summed E-state index contributed by atoms with van der Waals surface area (Å²) in [4.78, 5) is 0. The minimum absolute atomic E-state index is 0.0263. The lowest BCUT2D eigenvalue weighted by Gasteiger charge is -2.37. The van der Waals surface area contributed by atoms with Crippen LogP contribution < -0.4 is 5.32 Å². The molecule has 1 N–H and O–H groups in total. The molecular formula is C30H23Cl2F7N2. The van der Waals surface area contributed by atoms with Gasteiger partial charge in [-0.15, -0.1) is 0 Å². The molecule has 0 aromatic heterocycles. The summed E-state index contributed by atoms with van der Waals surface area (Å²) in [5.41, 5.74) is -2.72. The molecule has 2 nitrogen and oxygen atoms in total. The highest BCUT2D eigenvalue weighted by Crippen LogP contribution is 2.55. The highest BCUT2D eigenvalue weighted by atomic mass is 35.5. The molecule has 3 aromatic carbocycles. The van der Waals surface area contributed by atoms with Crippen LogP contribution in [-0.4, -0.2) is 18.3 Å². The van der Waals surface area contributed by atoms with Crippen molar-refractivity contribution in [3.8, 4) is 6.07 Å². The van der Waals surface area contributed by atoms with Crippen LogP contribution >= 0.6 is 23.2 Å². The summed E-state index contributed by atoms with van der Waals surface area (Å²) in [7, 11) is 0. The van der Waals surface area contributed by atoms with Gasteiger partial charge in [0.25, 0.3) is 11.6 Å². The van der Waals surface area contributed by atoms with E-state index < -0.39 is 39.5 Å². The Kier molecular flexibility index (Phi) is 9.51.